The van der Waals surface area contributed by atoms with Crippen LogP contribution in [0.3, 0.4) is 0 Å². The predicted molar refractivity (Wildman–Crippen MR) is 284 cm³/mol. The second kappa shape index (κ2) is 46.5. The van der Waals surface area contributed by atoms with Crippen molar-refractivity contribution in [2.45, 2.75) is 99.3 Å². The number of hydrogen-bond donors (Lipinski definition) is 0. The number of ketones is 3. The first-order chi connectivity index (χ1) is 33.9. The molecule has 14 heteroatoms. The molecule has 0 aromatic heterocycles. The fourth-order valence-corrected chi connectivity index (χ4v) is 6.37. The van der Waals surface area contributed by atoms with E-state index in [1.807, 2.05) is 74.5 Å². The molecule has 0 heterocycles. The van der Waals surface area contributed by atoms with Crippen LogP contribution < -0.4 is 0 Å². The van der Waals surface area contributed by atoms with Gasteiger partial charge in [-0.1, -0.05) is 130 Å². The fourth-order valence-electron chi connectivity index (χ4n) is 6.15. The van der Waals surface area contributed by atoms with E-state index >= 15 is 0 Å². The molecule has 0 N–H and O–H groups in total. The van der Waals surface area contributed by atoms with Gasteiger partial charge >= 0.3 is 0 Å². The van der Waals surface area contributed by atoms with Gasteiger partial charge in [0, 0.05) is 101 Å². The smallest absolute Gasteiger partial charge is 0.159 e. The van der Waals surface area contributed by atoms with Gasteiger partial charge in [0.2, 0.25) is 0 Å². The summed E-state index contributed by atoms with van der Waals surface area (Å²) in [6.45, 7) is 26.5. The molecular weight excluding hydrogens is 936 g/mol. The molecule has 0 saturated carbocycles. The lowest BCUT2D eigenvalue weighted by Gasteiger charge is -2.21. The first-order valence-electron chi connectivity index (χ1n) is 24.7. The van der Waals surface area contributed by atoms with E-state index in [0.29, 0.717) is 109 Å². The highest BCUT2D eigenvalue weighted by Gasteiger charge is 2.16. The van der Waals surface area contributed by atoms with Gasteiger partial charge in [0.1, 0.15) is 17.9 Å². The Balaban J connectivity index is 0.00000101. The molecule has 0 amide bonds. The van der Waals surface area contributed by atoms with Crippen LogP contribution in [0.2, 0.25) is 0 Å². The number of carbonyl (C=O) groups excluding carboxylic acids is 3. The molecule has 70 heavy (non-hydrogen) atoms. The number of rotatable bonds is 38. The Kier molecular flexibility index (Phi) is 44.2. The second-order valence-electron chi connectivity index (χ2n) is 16.1. The van der Waals surface area contributed by atoms with Crippen molar-refractivity contribution < 1.29 is 57.0 Å². The number of ether oxygens (including phenoxy) is 9. The molecule has 0 aliphatic carbocycles. The van der Waals surface area contributed by atoms with Crippen molar-refractivity contribution in [1.29, 1.82) is 0 Å². The number of Topliss-reactive ketones (excluding diaryl/α,β-unsaturated/α-hetero) is 3. The van der Waals surface area contributed by atoms with E-state index in [0.717, 1.165) is 68.2 Å². The number of benzene rings is 3. The first kappa shape index (κ1) is 66.5. The number of alkyl halides is 2. The van der Waals surface area contributed by atoms with Crippen LogP contribution >= 0.6 is 23.2 Å². The van der Waals surface area contributed by atoms with E-state index in [1.54, 1.807) is 40.0 Å². The molecule has 0 radical (unpaired) electrons. The molecule has 12 nitrogen and oxygen atoms in total. The summed E-state index contributed by atoms with van der Waals surface area (Å²) in [6.07, 6.45) is 6.08. The maximum absolute atomic E-state index is 11.4. The number of methoxy groups -OCH3 is 1. The van der Waals surface area contributed by atoms with Crippen molar-refractivity contribution in [1.82, 2.24) is 0 Å². The summed E-state index contributed by atoms with van der Waals surface area (Å²) >= 11 is 10.8. The van der Waals surface area contributed by atoms with E-state index < -0.39 is 0 Å². The molecule has 0 spiro atoms. The summed E-state index contributed by atoms with van der Waals surface area (Å²) in [4.78, 5) is 33.7. The van der Waals surface area contributed by atoms with Crippen LogP contribution in [0, 0.1) is 5.92 Å². The van der Waals surface area contributed by atoms with Crippen LogP contribution in [-0.4, -0.2) is 129 Å². The van der Waals surface area contributed by atoms with Crippen molar-refractivity contribution in [3.63, 3.8) is 0 Å². The molecule has 3 aromatic rings. The Morgan fingerprint density at radius 2 is 0.814 bits per heavy atom. The zero-order chi connectivity index (χ0) is 52.0. The molecule has 0 aliphatic rings. The van der Waals surface area contributed by atoms with E-state index in [4.69, 9.17) is 65.8 Å². The topological polar surface area (TPSA) is 134 Å². The third-order valence-electron chi connectivity index (χ3n) is 10.2. The van der Waals surface area contributed by atoms with Gasteiger partial charge in [0.15, 0.2) is 17.3 Å². The molecule has 1 atom stereocenters. The monoisotopic (exact) mass is 1020 g/mol. The normalized spacial score (nSPS) is 11.1. The van der Waals surface area contributed by atoms with E-state index in [2.05, 4.69) is 20.4 Å². The van der Waals surface area contributed by atoms with Gasteiger partial charge in [-0.3, -0.25) is 14.4 Å². The quantitative estimate of drug-likeness (QED) is 0.0234. The van der Waals surface area contributed by atoms with Crippen LogP contribution in [0.1, 0.15) is 141 Å². The average molecular weight is 1020 g/mol. The predicted octanol–water partition coefficient (Wildman–Crippen LogP) is 12.5. The molecule has 0 bridgehead atoms. The standard InChI is InChI=1S/C20H31ClO4.C17H25ClO4.C17H24O4.C2H6/c1-16(2)20(19-8-6-18(7-9-19)17(3)22)14-24-12-4-10-23-11-5-13-25-15-21;1-15(19)17-6-4-16(5-7-17)8-13-21-11-2-9-20-10-3-12-22-14-18;1-14(18)16-6-8-17(9-7-16)15(2)21-13-5-12-20-11-4-10-19-3;1-2/h6-9,16,20H,4-5,10-15H2,1-3H3;4-7H,2-3,8-14H2,1H3;6-9H,2,4-5,10-13H2,1,3H3;1-2H3. The minimum Gasteiger partial charge on any atom is -0.494 e. The second-order valence-corrected chi connectivity index (χ2v) is 16.5. The number of halogens is 2. The highest BCUT2D eigenvalue weighted by molar-refractivity contribution is 6.17. The molecule has 3 aromatic carbocycles. The first-order valence-corrected chi connectivity index (χ1v) is 25.8. The van der Waals surface area contributed by atoms with E-state index in [-0.39, 0.29) is 29.5 Å². The lowest BCUT2D eigenvalue weighted by Crippen LogP contribution is -2.15. The lowest BCUT2D eigenvalue weighted by molar-refractivity contribution is 0.0621. The number of hydrogen-bond acceptors (Lipinski definition) is 12. The largest absolute Gasteiger partial charge is 0.494 e. The summed E-state index contributed by atoms with van der Waals surface area (Å²) in [7, 11) is 1.68. The van der Waals surface area contributed by atoms with Crippen molar-refractivity contribution >= 4 is 46.3 Å². The molecular formula is C56H86Cl2O12. The van der Waals surface area contributed by atoms with Crippen LogP contribution in [0.15, 0.2) is 79.4 Å². The van der Waals surface area contributed by atoms with Gasteiger partial charge in [-0.25, -0.2) is 0 Å². The molecule has 3 rings (SSSR count). The molecule has 0 aliphatic heterocycles. The third-order valence-corrected chi connectivity index (χ3v) is 10.5. The SMILES string of the molecule is C=C(OCCCOCCCOC)c1ccc(C(C)=O)cc1.CC.CC(=O)c1ccc(C(COCCCOCCCOCCl)C(C)C)cc1.CC(=O)c1ccc(CCOCCCOCCCOCCl)cc1. The van der Waals surface area contributed by atoms with E-state index in [1.165, 1.54) is 11.1 Å². The Labute approximate surface area is 431 Å². The minimum atomic E-state index is 0.0544. The van der Waals surface area contributed by atoms with Gasteiger partial charge in [0.05, 0.1) is 33.0 Å². The maximum atomic E-state index is 11.4. The lowest BCUT2D eigenvalue weighted by atomic mass is 9.88. The van der Waals surface area contributed by atoms with Crippen molar-refractivity contribution in [2.75, 3.05) is 112 Å². The Bertz CT molecular complexity index is 1720. The van der Waals surface area contributed by atoms with Gasteiger partial charge in [-0.2, -0.15) is 0 Å². The molecule has 396 valence electrons. The van der Waals surface area contributed by atoms with Crippen molar-refractivity contribution in [2.24, 2.45) is 5.92 Å². The molecule has 0 fully saturated rings. The van der Waals surface area contributed by atoms with Gasteiger partial charge in [-0.05, 0) is 76.3 Å². The minimum absolute atomic E-state index is 0.0544. The van der Waals surface area contributed by atoms with Crippen LogP contribution in [0.25, 0.3) is 5.76 Å². The summed E-state index contributed by atoms with van der Waals surface area (Å²) in [5, 5.41) is 0. The third kappa shape index (κ3) is 35.6. The van der Waals surface area contributed by atoms with Crippen molar-refractivity contribution in [3.05, 3.63) is 113 Å². The van der Waals surface area contributed by atoms with Gasteiger partial charge < -0.3 is 42.6 Å². The Morgan fingerprint density at radius 1 is 0.471 bits per heavy atom. The maximum Gasteiger partial charge on any atom is 0.159 e. The highest BCUT2D eigenvalue weighted by Crippen LogP contribution is 2.25. The Morgan fingerprint density at radius 3 is 1.21 bits per heavy atom. The highest BCUT2D eigenvalue weighted by atomic mass is 35.5. The molecule has 1 unspecified atom stereocenters. The zero-order valence-corrected chi connectivity index (χ0v) is 45.2. The fraction of sp³-hybridized carbons (Fsp3) is 0.589. The van der Waals surface area contributed by atoms with Crippen molar-refractivity contribution in [3.8, 4) is 0 Å². The average Bonchev–Trinajstić information content (AvgIpc) is 3.36. The zero-order valence-electron chi connectivity index (χ0n) is 43.7. The number of carbonyl (C=O) groups is 3. The van der Waals surface area contributed by atoms with Crippen LogP contribution in [0.5, 0.6) is 0 Å². The van der Waals surface area contributed by atoms with Gasteiger partial charge in [0.25, 0.3) is 0 Å². The Hall–Kier alpha value is -3.53. The van der Waals surface area contributed by atoms with Crippen LogP contribution in [-0.2, 0) is 49.1 Å². The summed E-state index contributed by atoms with van der Waals surface area (Å²) in [5.41, 5.74) is 5.48. The van der Waals surface area contributed by atoms with Gasteiger partial charge in [-0.15, -0.1) is 0 Å². The summed E-state index contributed by atoms with van der Waals surface area (Å²) < 4.78 is 48.4. The van der Waals surface area contributed by atoms with Crippen LogP contribution in [0.4, 0.5) is 0 Å². The summed E-state index contributed by atoms with van der Waals surface area (Å²) in [6, 6.07) is 23.3. The summed E-state index contributed by atoms with van der Waals surface area (Å²) in [5.74, 6) is 1.66. The van der Waals surface area contributed by atoms with E-state index in [9.17, 15) is 14.4 Å². The molecule has 0 saturated heterocycles.